The minimum absolute atomic E-state index is 0.0157. The number of hydrogen-bond donors (Lipinski definition) is 1. The first-order chi connectivity index (χ1) is 8.61. The number of amides is 1. The van der Waals surface area contributed by atoms with Crippen molar-refractivity contribution in [2.75, 3.05) is 13.1 Å². The second-order valence-corrected chi connectivity index (χ2v) is 4.97. The van der Waals surface area contributed by atoms with Gasteiger partial charge in [0.1, 0.15) is 0 Å². The third-order valence-corrected chi connectivity index (χ3v) is 3.41. The van der Waals surface area contributed by atoms with E-state index < -0.39 is 0 Å². The van der Waals surface area contributed by atoms with Crippen molar-refractivity contribution in [2.45, 2.75) is 39.3 Å². The van der Waals surface area contributed by atoms with E-state index in [9.17, 15) is 4.79 Å². The second kappa shape index (κ2) is 5.52. The molecule has 1 aromatic heterocycles. The molecule has 2 heterocycles. The summed E-state index contributed by atoms with van der Waals surface area (Å²) in [5, 5.41) is 7.61. The maximum Gasteiger partial charge on any atom is 0.240 e. The van der Waals surface area contributed by atoms with Crippen LogP contribution in [-0.4, -0.2) is 39.7 Å². The third kappa shape index (κ3) is 2.72. The molecule has 0 radical (unpaired) electrons. The molecule has 1 unspecified atom stereocenters. The highest BCUT2D eigenvalue weighted by molar-refractivity contribution is 5.83. The Morgan fingerprint density at radius 1 is 1.56 bits per heavy atom. The number of hydrogen-bond acceptors (Lipinski definition) is 3. The van der Waals surface area contributed by atoms with Gasteiger partial charge in [-0.3, -0.25) is 9.48 Å². The quantitative estimate of drug-likeness (QED) is 0.842. The van der Waals surface area contributed by atoms with Crippen LogP contribution in [0.5, 0.6) is 0 Å². The summed E-state index contributed by atoms with van der Waals surface area (Å²) in [4.78, 5) is 14.1. The minimum Gasteiger partial charge on any atom is -0.337 e. The van der Waals surface area contributed by atoms with Crippen LogP contribution >= 0.6 is 0 Å². The average molecular weight is 250 g/mol. The van der Waals surface area contributed by atoms with Gasteiger partial charge < -0.3 is 10.2 Å². The van der Waals surface area contributed by atoms with Crippen LogP contribution in [-0.2, 0) is 18.4 Å². The predicted molar refractivity (Wildman–Crippen MR) is 70.1 cm³/mol. The van der Waals surface area contributed by atoms with E-state index in [1.807, 2.05) is 25.1 Å². The Morgan fingerprint density at radius 2 is 2.33 bits per heavy atom. The standard InChI is InChI=1S/C13H22N4O/c1-4-6-14-12-5-7-17(13(12)18)9-11-8-16(3)15-10(11)2/h8,12,14H,4-7,9H2,1-3H3. The van der Waals surface area contributed by atoms with E-state index in [2.05, 4.69) is 17.3 Å². The lowest BCUT2D eigenvalue weighted by Crippen LogP contribution is -2.38. The third-order valence-electron chi connectivity index (χ3n) is 3.41. The smallest absolute Gasteiger partial charge is 0.240 e. The van der Waals surface area contributed by atoms with Gasteiger partial charge in [-0.25, -0.2) is 0 Å². The van der Waals surface area contributed by atoms with Crippen LogP contribution in [0.3, 0.4) is 0 Å². The average Bonchev–Trinajstić information content (AvgIpc) is 2.82. The van der Waals surface area contributed by atoms with Gasteiger partial charge in [0.15, 0.2) is 0 Å². The summed E-state index contributed by atoms with van der Waals surface area (Å²) < 4.78 is 1.80. The molecule has 1 amide bonds. The predicted octanol–water partition coefficient (Wildman–Crippen LogP) is 0.829. The summed E-state index contributed by atoms with van der Waals surface area (Å²) in [6.07, 6.45) is 3.97. The molecule has 18 heavy (non-hydrogen) atoms. The number of aromatic nitrogens is 2. The number of nitrogens with one attached hydrogen (secondary N) is 1. The Hall–Kier alpha value is -1.36. The van der Waals surface area contributed by atoms with Crippen molar-refractivity contribution in [3.8, 4) is 0 Å². The van der Waals surface area contributed by atoms with E-state index in [-0.39, 0.29) is 11.9 Å². The van der Waals surface area contributed by atoms with Gasteiger partial charge in [-0.1, -0.05) is 6.92 Å². The lowest BCUT2D eigenvalue weighted by molar-refractivity contribution is -0.129. The van der Waals surface area contributed by atoms with E-state index in [1.165, 1.54) is 0 Å². The normalized spacial score (nSPS) is 19.8. The topological polar surface area (TPSA) is 50.2 Å². The molecule has 1 aliphatic heterocycles. The highest BCUT2D eigenvalue weighted by Crippen LogP contribution is 2.16. The zero-order chi connectivity index (χ0) is 13.1. The molecule has 1 aliphatic rings. The lowest BCUT2D eigenvalue weighted by Gasteiger charge is -2.16. The van der Waals surface area contributed by atoms with Crippen LogP contribution in [0, 0.1) is 6.92 Å². The minimum atomic E-state index is 0.0157. The summed E-state index contributed by atoms with van der Waals surface area (Å²) in [7, 11) is 1.91. The molecule has 0 saturated carbocycles. The molecule has 1 saturated heterocycles. The molecular formula is C13H22N4O. The monoisotopic (exact) mass is 250 g/mol. The first kappa shape index (κ1) is 13.1. The van der Waals surface area contributed by atoms with Gasteiger partial charge in [-0.2, -0.15) is 5.10 Å². The molecule has 0 aromatic carbocycles. The summed E-state index contributed by atoms with van der Waals surface area (Å²) in [6, 6.07) is 0.0157. The van der Waals surface area contributed by atoms with Crippen LogP contribution in [0.4, 0.5) is 0 Å². The first-order valence-electron chi connectivity index (χ1n) is 6.63. The van der Waals surface area contributed by atoms with E-state index in [0.29, 0.717) is 6.54 Å². The number of rotatable bonds is 5. The van der Waals surface area contributed by atoms with Crippen LogP contribution in [0.25, 0.3) is 0 Å². The first-order valence-corrected chi connectivity index (χ1v) is 6.63. The highest BCUT2D eigenvalue weighted by atomic mass is 16.2. The van der Waals surface area contributed by atoms with Crippen molar-refractivity contribution in [1.82, 2.24) is 20.0 Å². The Bertz CT molecular complexity index is 427. The van der Waals surface area contributed by atoms with Crippen molar-refractivity contribution >= 4 is 5.91 Å². The highest BCUT2D eigenvalue weighted by Gasteiger charge is 2.31. The Balaban J connectivity index is 1.95. The number of carbonyl (C=O) groups is 1. The van der Waals surface area contributed by atoms with E-state index in [0.717, 1.165) is 37.2 Å². The fraction of sp³-hybridized carbons (Fsp3) is 0.692. The lowest BCUT2D eigenvalue weighted by atomic mass is 10.2. The maximum atomic E-state index is 12.2. The van der Waals surface area contributed by atoms with Crippen LogP contribution < -0.4 is 5.32 Å². The van der Waals surface area contributed by atoms with Gasteiger partial charge in [-0.15, -0.1) is 0 Å². The summed E-state index contributed by atoms with van der Waals surface area (Å²) >= 11 is 0. The molecule has 0 aliphatic carbocycles. The molecule has 2 rings (SSSR count). The van der Waals surface area contributed by atoms with Crippen LogP contribution in [0.2, 0.25) is 0 Å². The van der Waals surface area contributed by atoms with Gasteiger partial charge in [-0.05, 0) is 26.3 Å². The molecule has 1 aromatic rings. The van der Waals surface area contributed by atoms with Gasteiger partial charge in [0.25, 0.3) is 0 Å². The van der Waals surface area contributed by atoms with E-state index in [4.69, 9.17) is 0 Å². The van der Waals surface area contributed by atoms with Gasteiger partial charge in [0.05, 0.1) is 11.7 Å². The van der Waals surface area contributed by atoms with Crippen molar-refractivity contribution in [1.29, 1.82) is 0 Å². The maximum absolute atomic E-state index is 12.2. The Labute approximate surface area is 108 Å². The fourth-order valence-corrected chi connectivity index (χ4v) is 2.41. The molecule has 5 nitrogen and oxygen atoms in total. The summed E-state index contributed by atoms with van der Waals surface area (Å²) in [6.45, 7) is 6.54. The van der Waals surface area contributed by atoms with Crippen molar-refractivity contribution in [3.63, 3.8) is 0 Å². The van der Waals surface area contributed by atoms with Crippen LogP contribution in [0.15, 0.2) is 6.20 Å². The van der Waals surface area contributed by atoms with Gasteiger partial charge in [0.2, 0.25) is 5.91 Å². The SMILES string of the molecule is CCCNC1CCN(Cc2cn(C)nc2C)C1=O. The fourth-order valence-electron chi connectivity index (χ4n) is 2.41. The number of aryl methyl sites for hydroxylation is 2. The zero-order valence-electron chi connectivity index (χ0n) is 11.4. The van der Waals surface area contributed by atoms with Crippen molar-refractivity contribution in [2.24, 2.45) is 7.05 Å². The van der Waals surface area contributed by atoms with E-state index >= 15 is 0 Å². The Morgan fingerprint density at radius 3 is 2.94 bits per heavy atom. The molecule has 5 heteroatoms. The van der Waals surface area contributed by atoms with Gasteiger partial charge in [0, 0.05) is 31.9 Å². The zero-order valence-corrected chi connectivity index (χ0v) is 11.4. The number of nitrogens with zero attached hydrogens (tertiary/aromatic N) is 3. The largest absolute Gasteiger partial charge is 0.337 e. The second-order valence-electron chi connectivity index (χ2n) is 4.97. The number of likely N-dealkylation sites (tertiary alicyclic amines) is 1. The molecule has 1 N–H and O–H groups in total. The van der Waals surface area contributed by atoms with Gasteiger partial charge >= 0.3 is 0 Å². The summed E-state index contributed by atoms with van der Waals surface area (Å²) in [5.41, 5.74) is 2.15. The summed E-state index contributed by atoms with van der Waals surface area (Å²) in [5.74, 6) is 0.228. The van der Waals surface area contributed by atoms with Crippen LogP contribution in [0.1, 0.15) is 31.0 Å². The molecule has 0 bridgehead atoms. The molecule has 100 valence electrons. The number of carbonyl (C=O) groups excluding carboxylic acids is 1. The Kier molecular flexibility index (Phi) is 4.01. The van der Waals surface area contributed by atoms with Crippen molar-refractivity contribution in [3.05, 3.63) is 17.5 Å². The van der Waals surface area contributed by atoms with Crippen molar-refractivity contribution < 1.29 is 4.79 Å². The molecule has 1 fully saturated rings. The molecule has 0 spiro atoms. The van der Waals surface area contributed by atoms with E-state index in [1.54, 1.807) is 4.68 Å². The molecular weight excluding hydrogens is 228 g/mol. The molecule has 1 atom stereocenters.